The summed E-state index contributed by atoms with van der Waals surface area (Å²) >= 11 is 0. The Hall–Kier alpha value is -1.88. The summed E-state index contributed by atoms with van der Waals surface area (Å²) in [7, 11) is 1.30. The molecule has 1 atom stereocenters. The lowest BCUT2D eigenvalue weighted by molar-refractivity contribution is -0.145. The molecule has 0 saturated heterocycles. The highest BCUT2D eigenvalue weighted by molar-refractivity contribution is 5.85. The summed E-state index contributed by atoms with van der Waals surface area (Å²) in [5.41, 5.74) is 6.03. The van der Waals surface area contributed by atoms with Crippen LogP contribution in [0, 0.1) is 0 Å². The number of hydrogen-bond donors (Lipinski definition) is 2. The predicted molar refractivity (Wildman–Crippen MR) is 67.6 cm³/mol. The first-order valence-electron chi connectivity index (χ1n) is 5.81. The Balaban J connectivity index is 2.74. The number of carbonyl (C=O) groups excluding carboxylic acids is 2. The van der Waals surface area contributed by atoms with E-state index < -0.39 is 12.0 Å². The van der Waals surface area contributed by atoms with E-state index in [9.17, 15) is 9.59 Å². The first-order chi connectivity index (χ1) is 8.69. The Bertz CT molecular complexity index is 392. The van der Waals surface area contributed by atoms with Gasteiger partial charge in [-0.3, -0.25) is 4.79 Å². The number of ether oxygens (including phenoxy) is 1. The second-order valence-corrected chi connectivity index (χ2v) is 3.83. The first-order valence-corrected chi connectivity index (χ1v) is 5.81. The minimum Gasteiger partial charge on any atom is -0.467 e. The van der Waals surface area contributed by atoms with Gasteiger partial charge in [-0.15, -0.1) is 0 Å². The van der Waals surface area contributed by atoms with E-state index in [4.69, 9.17) is 10.5 Å². The highest BCUT2D eigenvalue weighted by atomic mass is 16.5. The van der Waals surface area contributed by atoms with E-state index in [-0.39, 0.29) is 5.91 Å². The number of benzene rings is 1. The van der Waals surface area contributed by atoms with Crippen molar-refractivity contribution in [2.75, 3.05) is 13.7 Å². The molecule has 0 heterocycles. The van der Waals surface area contributed by atoms with E-state index in [0.717, 1.165) is 0 Å². The number of methoxy groups -OCH3 is 1. The van der Waals surface area contributed by atoms with E-state index in [2.05, 4.69) is 5.32 Å². The summed E-state index contributed by atoms with van der Waals surface area (Å²) in [5.74, 6) is -0.693. The van der Waals surface area contributed by atoms with Crippen LogP contribution in [0.15, 0.2) is 30.3 Å². The van der Waals surface area contributed by atoms with E-state index in [1.807, 2.05) is 6.07 Å². The van der Waals surface area contributed by atoms with Crippen LogP contribution in [0.3, 0.4) is 0 Å². The smallest absolute Gasteiger partial charge is 0.333 e. The Morgan fingerprint density at radius 2 is 2.00 bits per heavy atom. The molecular weight excluding hydrogens is 232 g/mol. The average Bonchev–Trinajstić information content (AvgIpc) is 2.42. The minimum atomic E-state index is -0.763. The third-order valence-corrected chi connectivity index (χ3v) is 2.48. The van der Waals surface area contributed by atoms with Crippen molar-refractivity contribution in [3.63, 3.8) is 0 Å². The number of hydrogen-bond acceptors (Lipinski definition) is 4. The molecule has 0 aliphatic carbocycles. The lowest BCUT2D eigenvalue weighted by Crippen LogP contribution is -2.34. The van der Waals surface area contributed by atoms with Gasteiger partial charge in [0, 0.05) is 6.42 Å². The van der Waals surface area contributed by atoms with Crippen LogP contribution < -0.4 is 11.1 Å². The van der Waals surface area contributed by atoms with Crippen LogP contribution in [-0.4, -0.2) is 25.5 Å². The maximum absolute atomic E-state index is 11.7. The topological polar surface area (TPSA) is 81.4 Å². The molecule has 0 spiro atoms. The summed E-state index contributed by atoms with van der Waals surface area (Å²) in [5, 5.41) is 2.65. The highest BCUT2D eigenvalue weighted by Gasteiger charge is 2.22. The van der Waals surface area contributed by atoms with Crippen LogP contribution in [-0.2, 0) is 14.3 Å². The Morgan fingerprint density at radius 1 is 1.33 bits per heavy atom. The molecule has 1 amide bonds. The summed E-state index contributed by atoms with van der Waals surface area (Å²) in [6, 6.07) is 8.22. The summed E-state index contributed by atoms with van der Waals surface area (Å²) in [6.45, 7) is 0.446. The molecule has 3 N–H and O–H groups in total. The standard InChI is InChI=1S/C13H18N2O3/c1-18-13(17)12(10-6-3-2-4-7-10)15-11(16)8-5-9-14/h2-4,6-7,12H,5,8-9,14H2,1H3,(H,15,16). The third-order valence-electron chi connectivity index (χ3n) is 2.48. The molecule has 5 nitrogen and oxygen atoms in total. The van der Waals surface area contributed by atoms with Crippen LogP contribution in [0.4, 0.5) is 0 Å². The molecule has 18 heavy (non-hydrogen) atoms. The maximum Gasteiger partial charge on any atom is 0.333 e. The molecule has 0 saturated carbocycles. The van der Waals surface area contributed by atoms with Crippen molar-refractivity contribution in [2.45, 2.75) is 18.9 Å². The SMILES string of the molecule is COC(=O)C(NC(=O)CCCN)c1ccccc1. The fourth-order valence-corrected chi connectivity index (χ4v) is 1.54. The molecule has 1 rings (SSSR count). The second-order valence-electron chi connectivity index (χ2n) is 3.83. The summed E-state index contributed by atoms with van der Waals surface area (Å²) in [6.07, 6.45) is 0.894. The highest BCUT2D eigenvalue weighted by Crippen LogP contribution is 2.14. The average molecular weight is 250 g/mol. The van der Waals surface area contributed by atoms with Crippen LogP contribution in [0.2, 0.25) is 0 Å². The number of nitrogens with two attached hydrogens (primary N) is 1. The Morgan fingerprint density at radius 3 is 2.56 bits per heavy atom. The molecule has 0 aliphatic rings. The fraction of sp³-hybridized carbons (Fsp3) is 0.385. The molecule has 0 fully saturated rings. The van der Waals surface area contributed by atoms with E-state index in [1.165, 1.54) is 7.11 Å². The lowest BCUT2D eigenvalue weighted by Gasteiger charge is -2.16. The van der Waals surface area contributed by atoms with Gasteiger partial charge in [0.15, 0.2) is 6.04 Å². The molecule has 1 unspecified atom stereocenters. The van der Waals surface area contributed by atoms with Crippen molar-refractivity contribution in [1.82, 2.24) is 5.32 Å². The summed E-state index contributed by atoms with van der Waals surface area (Å²) < 4.78 is 4.69. The number of nitrogens with one attached hydrogen (secondary N) is 1. The van der Waals surface area contributed by atoms with E-state index in [1.54, 1.807) is 24.3 Å². The monoisotopic (exact) mass is 250 g/mol. The zero-order valence-electron chi connectivity index (χ0n) is 10.4. The molecule has 98 valence electrons. The Kier molecular flexibility index (Phi) is 5.87. The van der Waals surface area contributed by atoms with Crippen molar-refractivity contribution >= 4 is 11.9 Å². The molecule has 0 bridgehead atoms. The maximum atomic E-state index is 11.7. The Labute approximate surface area is 106 Å². The predicted octanol–water partition coefficient (Wildman–Crippen LogP) is 0.756. The first kappa shape index (κ1) is 14.2. The molecule has 1 aromatic rings. The fourth-order valence-electron chi connectivity index (χ4n) is 1.54. The van der Waals surface area contributed by atoms with Gasteiger partial charge in [0.2, 0.25) is 5.91 Å². The zero-order valence-corrected chi connectivity index (χ0v) is 10.4. The van der Waals surface area contributed by atoms with Crippen molar-refractivity contribution in [3.8, 4) is 0 Å². The molecule has 0 aromatic heterocycles. The molecule has 5 heteroatoms. The number of amides is 1. The lowest BCUT2D eigenvalue weighted by atomic mass is 10.1. The number of rotatable bonds is 6. The van der Waals surface area contributed by atoms with Gasteiger partial charge in [-0.2, -0.15) is 0 Å². The van der Waals surface area contributed by atoms with Gasteiger partial charge in [0.1, 0.15) is 0 Å². The van der Waals surface area contributed by atoms with Gasteiger partial charge in [-0.05, 0) is 18.5 Å². The van der Waals surface area contributed by atoms with Crippen LogP contribution in [0.1, 0.15) is 24.4 Å². The number of esters is 1. The van der Waals surface area contributed by atoms with E-state index >= 15 is 0 Å². The van der Waals surface area contributed by atoms with Crippen LogP contribution in [0.25, 0.3) is 0 Å². The second kappa shape index (κ2) is 7.45. The van der Waals surface area contributed by atoms with Crippen molar-refractivity contribution < 1.29 is 14.3 Å². The van der Waals surface area contributed by atoms with Gasteiger partial charge in [0.25, 0.3) is 0 Å². The van der Waals surface area contributed by atoms with Crippen LogP contribution >= 0.6 is 0 Å². The quantitative estimate of drug-likeness (QED) is 0.730. The van der Waals surface area contributed by atoms with E-state index in [0.29, 0.717) is 24.9 Å². The van der Waals surface area contributed by atoms with Crippen LogP contribution in [0.5, 0.6) is 0 Å². The third kappa shape index (κ3) is 4.18. The molecular formula is C13H18N2O3. The van der Waals surface area contributed by atoms with Gasteiger partial charge < -0.3 is 15.8 Å². The van der Waals surface area contributed by atoms with Gasteiger partial charge in [-0.1, -0.05) is 30.3 Å². The van der Waals surface area contributed by atoms with Gasteiger partial charge in [0.05, 0.1) is 7.11 Å². The normalized spacial score (nSPS) is 11.7. The number of carbonyl (C=O) groups is 2. The largest absolute Gasteiger partial charge is 0.467 e. The zero-order chi connectivity index (χ0) is 13.4. The molecule has 0 aliphatic heterocycles. The van der Waals surface area contributed by atoms with Gasteiger partial charge >= 0.3 is 5.97 Å². The minimum absolute atomic E-state index is 0.209. The van der Waals surface area contributed by atoms with Gasteiger partial charge in [-0.25, -0.2) is 4.79 Å². The van der Waals surface area contributed by atoms with Crippen molar-refractivity contribution in [2.24, 2.45) is 5.73 Å². The van der Waals surface area contributed by atoms with Crippen molar-refractivity contribution in [1.29, 1.82) is 0 Å². The molecule has 1 aromatic carbocycles. The summed E-state index contributed by atoms with van der Waals surface area (Å²) in [4.78, 5) is 23.3. The van der Waals surface area contributed by atoms with Crippen molar-refractivity contribution in [3.05, 3.63) is 35.9 Å². The molecule has 0 radical (unpaired) electrons.